The summed E-state index contributed by atoms with van der Waals surface area (Å²) in [6, 6.07) is 0.0244. The topological polar surface area (TPSA) is 53.0 Å². The number of carbonyl (C=O) groups excluding carboxylic acids is 1. The van der Waals surface area contributed by atoms with Crippen LogP contribution in [0.15, 0.2) is 0 Å². The van der Waals surface area contributed by atoms with Gasteiger partial charge in [0.1, 0.15) is 0 Å². The zero-order chi connectivity index (χ0) is 9.84. The van der Waals surface area contributed by atoms with Crippen LogP contribution in [-0.4, -0.2) is 40.2 Å². The Morgan fingerprint density at radius 1 is 1.69 bits per heavy atom. The molecule has 2 amide bonds. The van der Waals surface area contributed by atoms with Crippen molar-refractivity contribution >= 4 is 18.4 Å². The summed E-state index contributed by atoms with van der Waals surface area (Å²) in [5.74, 6) is 0. The number of nitrogens with zero attached hydrogens (tertiary/aromatic N) is 2. The summed E-state index contributed by atoms with van der Waals surface area (Å²) in [7, 11) is 1.73. The van der Waals surface area contributed by atoms with E-state index in [4.69, 9.17) is 8.84 Å². The Hall–Kier alpha value is -0.460. The minimum atomic E-state index is -0.202. The molecule has 1 fully saturated rings. The Balaban J connectivity index is 2.61. The summed E-state index contributed by atoms with van der Waals surface area (Å²) in [6.07, 6.45) is 1.84. The van der Waals surface area contributed by atoms with Gasteiger partial charge in [0.05, 0.1) is 6.54 Å². The van der Waals surface area contributed by atoms with Crippen LogP contribution in [0.2, 0.25) is 0 Å². The molecule has 0 bridgehead atoms. The molecule has 1 aliphatic rings. The lowest BCUT2D eigenvalue weighted by Crippen LogP contribution is -2.41. The Morgan fingerprint density at radius 2 is 2.38 bits per heavy atom. The lowest BCUT2D eigenvalue weighted by molar-refractivity contribution is -0.00739. The second kappa shape index (κ2) is 4.69. The number of hydrogen-bond donors (Lipinski definition) is 1. The highest BCUT2D eigenvalue weighted by molar-refractivity contribution is 7.88. The highest BCUT2D eigenvalue weighted by Gasteiger charge is 2.26. The molecule has 1 rings (SSSR count). The highest BCUT2D eigenvalue weighted by atomic mass is 32.2. The van der Waals surface area contributed by atoms with E-state index < -0.39 is 0 Å². The minimum absolute atomic E-state index is 0.202. The van der Waals surface area contributed by atoms with Gasteiger partial charge in [-0.1, -0.05) is 0 Å². The monoisotopic (exact) mass is 206 g/mol. The van der Waals surface area contributed by atoms with Gasteiger partial charge in [-0.3, -0.25) is 0 Å². The summed E-state index contributed by atoms with van der Waals surface area (Å²) in [6.45, 7) is 2.52. The van der Waals surface area contributed by atoms with Crippen molar-refractivity contribution in [2.75, 3.05) is 13.6 Å². The molecule has 13 heavy (non-hydrogen) atoms. The first kappa shape index (κ1) is 10.6. The Labute approximate surface area is 82.0 Å². The van der Waals surface area contributed by atoms with Crippen LogP contribution in [-0.2, 0) is 4.28 Å². The van der Waals surface area contributed by atoms with Crippen LogP contribution in [0.5, 0.6) is 0 Å². The second-order valence-electron chi connectivity index (χ2n) is 3.14. The van der Waals surface area contributed by atoms with Crippen molar-refractivity contribution in [1.29, 1.82) is 0 Å². The fourth-order valence-electron chi connectivity index (χ4n) is 1.29. The average molecular weight is 206 g/mol. The maximum atomic E-state index is 11.5. The minimum Gasteiger partial charge on any atom is -0.323 e. The summed E-state index contributed by atoms with van der Waals surface area (Å²) in [5, 5.41) is 1.17. The zero-order valence-electron chi connectivity index (χ0n) is 7.77. The van der Waals surface area contributed by atoms with Crippen molar-refractivity contribution in [1.82, 2.24) is 9.96 Å². The van der Waals surface area contributed by atoms with E-state index in [-0.39, 0.29) is 24.4 Å². The van der Waals surface area contributed by atoms with Gasteiger partial charge in [0.2, 0.25) is 0 Å². The molecule has 0 aliphatic carbocycles. The number of rotatable bonds is 2. The Bertz CT molecular complexity index is 191. The van der Waals surface area contributed by atoms with Crippen LogP contribution in [0.3, 0.4) is 0 Å². The van der Waals surface area contributed by atoms with E-state index in [1.165, 1.54) is 5.06 Å². The third kappa shape index (κ3) is 2.49. The van der Waals surface area contributed by atoms with Crippen molar-refractivity contribution in [2.45, 2.75) is 25.8 Å². The number of hydroxylamine groups is 2. The molecule has 0 aromatic carbocycles. The molecule has 0 aromatic heterocycles. The van der Waals surface area contributed by atoms with Crippen molar-refractivity contribution in [3.05, 3.63) is 0 Å². The predicted molar refractivity (Wildman–Crippen MR) is 49.9 cm³/mol. The van der Waals surface area contributed by atoms with Gasteiger partial charge in [-0.05, 0) is 19.8 Å². The zero-order valence-corrected chi connectivity index (χ0v) is 8.58. The van der Waals surface area contributed by atoms with Crippen molar-refractivity contribution in [3.8, 4) is 0 Å². The lowest BCUT2D eigenvalue weighted by atomic mass is 10.2. The first-order chi connectivity index (χ1) is 6.16. The highest BCUT2D eigenvalue weighted by Crippen LogP contribution is 2.16. The van der Waals surface area contributed by atoms with Crippen molar-refractivity contribution in [3.63, 3.8) is 0 Å². The number of urea groups is 1. The predicted octanol–water partition coefficient (Wildman–Crippen LogP) is 1.58. The van der Waals surface area contributed by atoms with Gasteiger partial charge in [-0.15, -0.1) is 0 Å². The standard InChI is InChI=1S/C7H14N2O3S/c1-6-4-3-5-9(12-13-11)7(10)8(6)2/h6,11H,3-5H2,1-2H3/t6-/m1/s1. The Kier molecular flexibility index (Phi) is 3.83. The molecule has 1 heterocycles. The second-order valence-corrected chi connectivity index (χ2v) is 3.43. The molecular weight excluding hydrogens is 192 g/mol. The molecule has 5 nitrogen and oxygen atoms in total. The number of carbonyl (C=O) groups is 1. The number of amides is 2. The summed E-state index contributed by atoms with van der Waals surface area (Å²) in [4.78, 5) is 13.2. The molecule has 0 spiro atoms. The van der Waals surface area contributed by atoms with Gasteiger partial charge in [0.15, 0.2) is 12.3 Å². The van der Waals surface area contributed by atoms with Gasteiger partial charge >= 0.3 is 6.03 Å². The van der Waals surface area contributed by atoms with Gasteiger partial charge in [-0.2, -0.15) is 9.35 Å². The summed E-state index contributed by atoms with van der Waals surface area (Å²) in [5.41, 5.74) is 0. The molecule has 1 atom stereocenters. The number of hydrogen-bond acceptors (Lipinski definition) is 4. The maximum absolute atomic E-state index is 11.5. The van der Waals surface area contributed by atoms with E-state index in [2.05, 4.69) is 0 Å². The SMILES string of the molecule is C[C@@H]1CCCN(OSO)C(=O)N1C. The molecule has 0 radical (unpaired) electrons. The fraction of sp³-hybridized carbons (Fsp3) is 0.857. The van der Waals surface area contributed by atoms with E-state index >= 15 is 0 Å². The maximum Gasteiger partial charge on any atom is 0.344 e. The smallest absolute Gasteiger partial charge is 0.323 e. The molecular formula is C7H14N2O3S. The van der Waals surface area contributed by atoms with E-state index in [0.717, 1.165) is 12.8 Å². The van der Waals surface area contributed by atoms with E-state index in [0.29, 0.717) is 6.54 Å². The first-order valence-corrected chi connectivity index (χ1v) is 4.89. The largest absolute Gasteiger partial charge is 0.344 e. The van der Waals surface area contributed by atoms with Crippen molar-refractivity contribution < 1.29 is 13.6 Å². The quantitative estimate of drug-likeness (QED) is 0.697. The molecule has 1 saturated heterocycles. The van der Waals surface area contributed by atoms with Crippen LogP contribution in [0.25, 0.3) is 0 Å². The fourth-order valence-corrected chi connectivity index (χ4v) is 1.51. The summed E-state index contributed by atoms with van der Waals surface area (Å²) >= 11 is 0.203. The van der Waals surface area contributed by atoms with E-state index in [1.54, 1.807) is 11.9 Å². The molecule has 0 aromatic rings. The lowest BCUT2D eigenvalue weighted by Gasteiger charge is -2.25. The van der Waals surface area contributed by atoms with E-state index in [9.17, 15) is 4.79 Å². The molecule has 1 aliphatic heterocycles. The van der Waals surface area contributed by atoms with Crippen molar-refractivity contribution in [2.24, 2.45) is 0 Å². The third-order valence-corrected chi connectivity index (χ3v) is 2.53. The molecule has 0 unspecified atom stereocenters. The first-order valence-electron chi connectivity index (χ1n) is 4.19. The van der Waals surface area contributed by atoms with Crippen LogP contribution in [0.1, 0.15) is 19.8 Å². The average Bonchev–Trinajstić information content (AvgIpc) is 2.22. The van der Waals surface area contributed by atoms with Crippen LogP contribution in [0, 0.1) is 0 Å². The van der Waals surface area contributed by atoms with Crippen LogP contribution in [0.4, 0.5) is 4.79 Å². The van der Waals surface area contributed by atoms with E-state index in [1.807, 2.05) is 6.92 Å². The third-order valence-electron chi connectivity index (χ3n) is 2.28. The van der Waals surface area contributed by atoms with Gasteiger partial charge in [0.25, 0.3) is 0 Å². The molecule has 6 heteroatoms. The van der Waals surface area contributed by atoms with Gasteiger partial charge in [-0.25, -0.2) is 4.79 Å². The molecule has 76 valence electrons. The van der Waals surface area contributed by atoms with Gasteiger partial charge in [0, 0.05) is 13.1 Å². The van der Waals surface area contributed by atoms with Crippen LogP contribution < -0.4 is 0 Å². The summed E-state index contributed by atoms with van der Waals surface area (Å²) < 4.78 is 13.2. The molecule has 1 N–H and O–H groups in total. The normalized spacial score (nSPS) is 24.8. The Morgan fingerprint density at radius 3 is 3.00 bits per heavy atom. The molecule has 0 saturated carbocycles. The van der Waals surface area contributed by atoms with Crippen LogP contribution >= 0.6 is 12.3 Å². The van der Waals surface area contributed by atoms with Gasteiger partial charge < -0.3 is 9.45 Å².